The van der Waals surface area contributed by atoms with Crippen molar-refractivity contribution in [3.05, 3.63) is 33.9 Å². The van der Waals surface area contributed by atoms with E-state index < -0.39 is 10.8 Å². The summed E-state index contributed by atoms with van der Waals surface area (Å²) in [7, 11) is -0.662. The Morgan fingerprint density at radius 3 is 2.61 bits per heavy atom. The van der Waals surface area contributed by atoms with Crippen LogP contribution in [0, 0.1) is 17.0 Å². The Bertz CT molecular complexity index is 480. The highest BCUT2D eigenvalue weighted by Crippen LogP contribution is 2.23. The molecule has 6 heteroatoms. The van der Waals surface area contributed by atoms with Crippen LogP contribution in [0.15, 0.2) is 18.2 Å². The number of nitro benzene ring substituents is 1. The Labute approximate surface area is 108 Å². The minimum absolute atomic E-state index is 0.144. The highest BCUT2D eigenvalue weighted by Gasteiger charge is 2.18. The summed E-state index contributed by atoms with van der Waals surface area (Å²) in [6, 6.07) is 5.38. The van der Waals surface area contributed by atoms with Gasteiger partial charge in [0.1, 0.15) is 0 Å². The maximum Gasteiger partial charge on any atom is 0.272 e. The summed E-state index contributed by atoms with van der Waals surface area (Å²) in [6.45, 7) is 1.74. The van der Waals surface area contributed by atoms with Gasteiger partial charge in [-0.15, -0.1) is 0 Å². The zero-order chi connectivity index (χ0) is 13.1. The molecule has 1 aliphatic heterocycles. The summed E-state index contributed by atoms with van der Waals surface area (Å²) in [5.41, 5.74) is 1.70. The van der Waals surface area contributed by atoms with Crippen molar-refractivity contribution in [2.75, 3.05) is 16.8 Å². The van der Waals surface area contributed by atoms with Gasteiger partial charge in [-0.2, -0.15) is 0 Å². The van der Waals surface area contributed by atoms with E-state index in [1.807, 2.05) is 0 Å². The van der Waals surface area contributed by atoms with Crippen LogP contribution in [0.5, 0.6) is 0 Å². The summed E-state index contributed by atoms with van der Waals surface area (Å²) in [6.07, 6.45) is 1.78. The topological polar surface area (TPSA) is 72.2 Å². The minimum Gasteiger partial charge on any atom is -0.382 e. The minimum atomic E-state index is -0.662. The van der Waals surface area contributed by atoms with Crippen LogP contribution in [-0.4, -0.2) is 26.7 Å². The molecular formula is C12H16N2O3S. The first kappa shape index (κ1) is 13.0. The number of benzene rings is 1. The number of nitro groups is 1. The van der Waals surface area contributed by atoms with E-state index in [-0.39, 0.29) is 10.6 Å². The van der Waals surface area contributed by atoms with E-state index in [4.69, 9.17) is 0 Å². The van der Waals surface area contributed by atoms with Gasteiger partial charge in [-0.25, -0.2) is 0 Å². The summed E-state index contributed by atoms with van der Waals surface area (Å²) in [4.78, 5) is 10.3. The lowest BCUT2D eigenvalue weighted by molar-refractivity contribution is -0.385. The van der Waals surface area contributed by atoms with Crippen LogP contribution in [0.4, 0.5) is 11.4 Å². The fourth-order valence-corrected chi connectivity index (χ4v) is 3.42. The second-order valence-electron chi connectivity index (χ2n) is 4.53. The van der Waals surface area contributed by atoms with Crippen molar-refractivity contribution in [2.45, 2.75) is 25.8 Å². The average molecular weight is 268 g/mol. The van der Waals surface area contributed by atoms with Gasteiger partial charge in [0.15, 0.2) is 0 Å². The lowest BCUT2D eigenvalue weighted by atomic mass is 10.1. The summed E-state index contributed by atoms with van der Waals surface area (Å²) >= 11 is 0. The van der Waals surface area contributed by atoms with Gasteiger partial charge < -0.3 is 5.32 Å². The van der Waals surface area contributed by atoms with Crippen molar-refractivity contribution in [3.8, 4) is 0 Å². The molecule has 0 unspecified atom stereocenters. The average Bonchev–Trinajstić information content (AvgIpc) is 2.32. The van der Waals surface area contributed by atoms with Crippen LogP contribution in [0.2, 0.25) is 0 Å². The Kier molecular flexibility index (Phi) is 3.96. The lowest BCUT2D eigenvalue weighted by Crippen LogP contribution is -2.29. The molecule has 0 saturated carbocycles. The van der Waals surface area contributed by atoms with Crippen LogP contribution < -0.4 is 5.32 Å². The zero-order valence-corrected chi connectivity index (χ0v) is 11.0. The molecule has 1 aliphatic rings. The number of hydrogen-bond acceptors (Lipinski definition) is 4. The van der Waals surface area contributed by atoms with Gasteiger partial charge in [-0.05, 0) is 31.9 Å². The Hall–Kier alpha value is -1.43. The largest absolute Gasteiger partial charge is 0.382 e. The quantitative estimate of drug-likeness (QED) is 0.674. The third kappa shape index (κ3) is 3.07. The zero-order valence-electron chi connectivity index (χ0n) is 10.2. The van der Waals surface area contributed by atoms with Crippen LogP contribution in [0.1, 0.15) is 18.4 Å². The molecule has 1 heterocycles. The molecule has 5 nitrogen and oxygen atoms in total. The van der Waals surface area contributed by atoms with Gasteiger partial charge in [0, 0.05) is 45.7 Å². The number of aryl methyl sites for hydroxylation is 1. The molecule has 0 aliphatic carbocycles. The molecule has 1 N–H and O–H groups in total. The van der Waals surface area contributed by atoms with Gasteiger partial charge in [0.25, 0.3) is 5.69 Å². The molecule has 98 valence electrons. The van der Waals surface area contributed by atoms with Crippen molar-refractivity contribution in [1.82, 2.24) is 0 Å². The van der Waals surface area contributed by atoms with E-state index >= 15 is 0 Å². The van der Waals surface area contributed by atoms with Crippen LogP contribution in [0.25, 0.3) is 0 Å². The molecule has 1 saturated heterocycles. The molecular weight excluding hydrogens is 252 g/mol. The number of hydrogen-bond donors (Lipinski definition) is 1. The highest BCUT2D eigenvalue weighted by atomic mass is 32.2. The highest BCUT2D eigenvalue weighted by molar-refractivity contribution is 7.85. The Balaban J connectivity index is 2.04. The molecule has 0 bridgehead atoms. The van der Waals surface area contributed by atoms with E-state index in [0.717, 1.165) is 30.0 Å². The first-order chi connectivity index (χ1) is 8.56. The molecule has 1 fully saturated rings. The SMILES string of the molecule is Cc1cc(NC2CCS(=O)CC2)ccc1[N+](=O)[O-]. The van der Waals surface area contributed by atoms with Gasteiger partial charge in [-0.1, -0.05) is 0 Å². The first-order valence-electron chi connectivity index (χ1n) is 5.93. The lowest BCUT2D eigenvalue weighted by Gasteiger charge is -2.23. The van der Waals surface area contributed by atoms with Crippen LogP contribution >= 0.6 is 0 Å². The Morgan fingerprint density at radius 1 is 1.39 bits per heavy atom. The Morgan fingerprint density at radius 2 is 2.06 bits per heavy atom. The van der Waals surface area contributed by atoms with Crippen molar-refractivity contribution in [2.24, 2.45) is 0 Å². The molecule has 1 aromatic rings. The van der Waals surface area contributed by atoms with Gasteiger partial charge in [0.05, 0.1) is 4.92 Å². The van der Waals surface area contributed by atoms with Crippen LogP contribution in [0.3, 0.4) is 0 Å². The molecule has 0 atom stereocenters. The van der Waals surface area contributed by atoms with Crippen molar-refractivity contribution in [1.29, 1.82) is 0 Å². The molecule has 1 aromatic carbocycles. The molecule has 2 rings (SSSR count). The van der Waals surface area contributed by atoms with Gasteiger partial charge in [0.2, 0.25) is 0 Å². The van der Waals surface area contributed by atoms with Crippen molar-refractivity contribution in [3.63, 3.8) is 0 Å². The third-order valence-corrected chi connectivity index (χ3v) is 4.53. The molecule has 0 amide bonds. The molecule has 0 aromatic heterocycles. The predicted molar refractivity (Wildman–Crippen MR) is 72.4 cm³/mol. The van der Waals surface area contributed by atoms with Crippen molar-refractivity contribution >= 4 is 22.2 Å². The second kappa shape index (κ2) is 5.48. The monoisotopic (exact) mass is 268 g/mol. The van der Waals surface area contributed by atoms with E-state index in [0.29, 0.717) is 11.6 Å². The standard InChI is InChI=1S/C12H16N2O3S/c1-9-8-11(2-3-12(9)14(15)16)13-10-4-6-18(17)7-5-10/h2-3,8,10,13H,4-7H2,1H3. The molecule has 18 heavy (non-hydrogen) atoms. The molecule has 0 radical (unpaired) electrons. The van der Waals surface area contributed by atoms with Gasteiger partial charge >= 0.3 is 0 Å². The van der Waals surface area contributed by atoms with E-state index in [1.165, 1.54) is 6.07 Å². The number of nitrogens with zero attached hydrogens (tertiary/aromatic N) is 1. The van der Waals surface area contributed by atoms with E-state index in [2.05, 4.69) is 5.32 Å². The number of nitrogens with one attached hydrogen (secondary N) is 1. The number of anilines is 1. The third-order valence-electron chi connectivity index (χ3n) is 3.15. The first-order valence-corrected chi connectivity index (χ1v) is 7.41. The summed E-state index contributed by atoms with van der Waals surface area (Å²) in [5.74, 6) is 1.48. The maximum atomic E-state index is 11.2. The fraction of sp³-hybridized carbons (Fsp3) is 0.500. The van der Waals surface area contributed by atoms with Gasteiger partial charge in [-0.3, -0.25) is 14.3 Å². The van der Waals surface area contributed by atoms with Crippen molar-refractivity contribution < 1.29 is 9.13 Å². The van der Waals surface area contributed by atoms with Crippen LogP contribution in [-0.2, 0) is 10.8 Å². The predicted octanol–water partition coefficient (Wildman–Crippen LogP) is 2.23. The molecule has 0 spiro atoms. The normalized spacial score (nSPS) is 23.6. The maximum absolute atomic E-state index is 11.2. The van der Waals surface area contributed by atoms with E-state index in [9.17, 15) is 14.3 Å². The number of rotatable bonds is 3. The fourth-order valence-electron chi connectivity index (χ4n) is 2.12. The second-order valence-corrected chi connectivity index (χ2v) is 6.22. The van der Waals surface area contributed by atoms with E-state index in [1.54, 1.807) is 19.1 Å². The summed E-state index contributed by atoms with van der Waals surface area (Å²) < 4.78 is 11.2. The summed E-state index contributed by atoms with van der Waals surface area (Å²) in [5, 5.41) is 14.1. The smallest absolute Gasteiger partial charge is 0.272 e.